The SMILES string of the molecule is CN(C)CC(S)(CN(C)C)CN(C)C. The molecule has 86 valence electrons. The normalized spacial score (nSPS) is 13.3. The van der Waals surface area contributed by atoms with Crippen molar-refractivity contribution < 1.29 is 0 Å². The summed E-state index contributed by atoms with van der Waals surface area (Å²) in [6, 6.07) is 0. The molecule has 0 rings (SSSR count). The quantitative estimate of drug-likeness (QED) is 0.646. The number of rotatable bonds is 6. The Morgan fingerprint density at radius 1 is 0.714 bits per heavy atom. The van der Waals surface area contributed by atoms with E-state index in [2.05, 4.69) is 57.0 Å². The Hall–Kier alpha value is 0.230. The second kappa shape index (κ2) is 5.95. The molecule has 0 aliphatic rings. The van der Waals surface area contributed by atoms with E-state index in [1.165, 1.54) is 0 Å². The average molecular weight is 219 g/mol. The van der Waals surface area contributed by atoms with Crippen LogP contribution in [0.1, 0.15) is 0 Å². The van der Waals surface area contributed by atoms with E-state index in [9.17, 15) is 0 Å². The molecule has 0 aromatic rings. The van der Waals surface area contributed by atoms with Crippen molar-refractivity contribution in [3.8, 4) is 0 Å². The average Bonchev–Trinajstić information content (AvgIpc) is 1.76. The molecular formula is C10H25N3S. The second-order valence-corrected chi connectivity index (χ2v) is 5.89. The van der Waals surface area contributed by atoms with Crippen molar-refractivity contribution in [2.24, 2.45) is 0 Å². The van der Waals surface area contributed by atoms with Crippen LogP contribution in [0, 0.1) is 0 Å². The third kappa shape index (κ3) is 6.65. The van der Waals surface area contributed by atoms with Crippen LogP contribution in [-0.2, 0) is 0 Å². The van der Waals surface area contributed by atoms with Gasteiger partial charge in [-0.2, -0.15) is 12.6 Å². The van der Waals surface area contributed by atoms with Gasteiger partial charge < -0.3 is 14.7 Å². The fourth-order valence-electron chi connectivity index (χ4n) is 1.92. The first kappa shape index (κ1) is 14.2. The van der Waals surface area contributed by atoms with Gasteiger partial charge in [0.1, 0.15) is 0 Å². The highest BCUT2D eigenvalue weighted by atomic mass is 32.1. The van der Waals surface area contributed by atoms with Gasteiger partial charge in [0, 0.05) is 19.6 Å². The summed E-state index contributed by atoms with van der Waals surface area (Å²) in [7, 11) is 12.6. The standard InChI is InChI=1S/C10H25N3S/c1-11(2)7-10(14,8-12(3)4)9-13(5)6/h14H,7-9H2,1-6H3. The van der Waals surface area contributed by atoms with Crippen molar-refractivity contribution in [3.05, 3.63) is 0 Å². The lowest BCUT2D eigenvalue weighted by molar-refractivity contribution is 0.240. The molecule has 0 heterocycles. The summed E-state index contributed by atoms with van der Waals surface area (Å²) >= 11 is 4.81. The number of thiol groups is 1. The molecule has 3 nitrogen and oxygen atoms in total. The predicted molar refractivity (Wildman–Crippen MR) is 67.4 cm³/mol. The zero-order valence-electron chi connectivity index (χ0n) is 10.4. The third-order valence-electron chi connectivity index (χ3n) is 1.83. The van der Waals surface area contributed by atoms with Crippen LogP contribution in [0.3, 0.4) is 0 Å². The first-order valence-electron chi connectivity index (χ1n) is 4.92. The zero-order valence-corrected chi connectivity index (χ0v) is 11.3. The molecular weight excluding hydrogens is 194 g/mol. The summed E-state index contributed by atoms with van der Waals surface area (Å²) < 4.78 is 0.0382. The number of hydrogen-bond acceptors (Lipinski definition) is 4. The molecule has 0 aromatic heterocycles. The van der Waals surface area contributed by atoms with Gasteiger partial charge >= 0.3 is 0 Å². The molecule has 0 atom stereocenters. The van der Waals surface area contributed by atoms with E-state index >= 15 is 0 Å². The van der Waals surface area contributed by atoms with Crippen LogP contribution >= 0.6 is 12.6 Å². The molecule has 0 fully saturated rings. The van der Waals surface area contributed by atoms with Gasteiger partial charge in [-0.05, 0) is 42.3 Å². The smallest absolute Gasteiger partial charge is 0.0509 e. The van der Waals surface area contributed by atoms with Crippen LogP contribution in [0.2, 0.25) is 0 Å². The second-order valence-electron chi connectivity index (χ2n) is 4.94. The van der Waals surface area contributed by atoms with E-state index in [1.54, 1.807) is 0 Å². The maximum absolute atomic E-state index is 4.81. The lowest BCUT2D eigenvalue weighted by Gasteiger charge is -2.36. The van der Waals surface area contributed by atoms with E-state index < -0.39 is 0 Å². The Balaban J connectivity index is 4.32. The fourth-order valence-corrected chi connectivity index (χ4v) is 2.76. The number of hydrogen-bond donors (Lipinski definition) is 1. The van der Waals surface area contributed by atoms with E-state index in [-0.39, 0.29) is 4.75 Å². The predicted octanol–water partition coefficient (Wildman–Crippen LogP) is 0.340. The molecule has 0 saturated heterocycles. The molecule has 0 amide bonds. The molecule has 0 saturated carbocycles. The summed E-state index contributed by atoms with van der Waals surface area (Å²) in [6.07, 6.45) is 0. The van der Waals surface area contributed by atoms with Crippen LogP contribution < -0.4 is 0 Å². The molecule has 0 aliphatic carbocycles. The van der Waals surface area contributed by atoms with Crippen LogP contribution in [0.25, 0.3) is 0 Å². The van der Waals surface area contributed by atoms with Crippen molar-refractivity contribution in [2.45, 2.75) is 4.75 Å². The van der Waals surface area contributed by atoms with E-state index in [0.29, 0.717) is 0 Å². The van der Waals surface area contributed by atoms with E-state index in [4.69, 9.17) is 12.6 Å². The monoisotopic (exact) mass is 219 g/mol. The summed E-state index contributed by atoms with van der Waals surface area (Å²) in [5, 5.41) is 0. The first-order chi connectivity index (χ1) is 6.25. The summed E-state index contributed by atoms with van der Waals surface area (Å²) in [5.74, 6) is 0. The van der Waals surface area contributed by atoms with Gasteiger partial charge in [0.2, 0.25) is 0 Å². The molecule has 0 bridgehead atoms. The Morgan fingerprint density at radius 2 is 0.929 bits per heavy atom. The molecule has 14 heavy (non-hydrogen) atoms. The van der Waals surface area contributed by atoms with Gasteiger partial charge in [0.15, 0.2) is 0 Å². The van der Waals surface area contributed by atoms with Crippen molar-refractivity contribution in [2.75, 3.05) is 61.9 Å². The molecule has 0 aromatic carbocycles. The Bertz CT molecular complexity index is 131. The van der Waals surface area contributed by atoms with Gasteiger partial charge in [-0.1, -0.05) is 0 Å². The van der Waals surface area contributed by atoms with E-state index in [0.717, 1.165) is 19.6 Å². The summed E-state index contributed by atoms with van der Waals surface area (Å²) in [5.41, 5.74) is 0. The lowest BCUT2D eigenvalue weighted by Crippen LogP contribution is -2.49. The van der Waals surface area contributed by atoms with Gasteiger partial charge in [-0.25, -0.2) is 0 Å². The topological polar surface area (TPSA) is 9.72 Å². The minimum atomic E-state index is 0.0382. The van der Waals surface area contributed by atoms with Gasteiger partial charge in [0.05, 0.1) is 4.75 Å². The molecule has 0 aliphatic heterocycles. The van der Waals surface area contributed by atoms with Gasteiger partial charge in [-0.3, -0.25) is 0 Å². The molecule has 0 radical (unpaired) electrons. The Kier molecular flexibility index (Phi) is 6.05. The summed E-state index contributed by atoms with van der Waals surface area (Å²) in [4.78, 5) is 6.58. The highest BCUT2D eigenvalue weighted by Gasteiger charge is 2.27. The van der Waals surface area contributed by atoms with Crippen molar-refractivity contribution in [3.63, 3.8) is 0 Å². The summed E-state index contributed by atoms with van der Waals surface area (Å²) in [6.45, 7) is 2.98. The largest absolute Gasteiger partial charge is 0.308 e. The maximum atomic E-state index is 4.81. The van der Waals surface area contributed by atoms with Crippen LogP contribution in [0.5, 0.6) is 0 Å². The minimum absolute atomic E-state index is 0.0382. The molecule has 0 unspecified atom stereocenters. The van der Waals surface area contributed by atoms with Gasteiger partial charge in [0.25, 0.3) is 0 Å². The van der Waals surface area contributed by atoms with Crippen molar-refractivity contribution >= 4 is 12.6 Å². The maximum Gasteiger partial charge on any atom is 0.0509 e. The van der Waals surface area contributed by atoms with E-state index in [1.807, 2.05) is 0 Å². The zero-order chi connectivity index (χ0) is 11.4. The van der Waals surface area contributed by atoms with Crippen molar-refractivity contribution in [1.82, 2.24) is 14.7 Å². The number of nitrogens with zero attached hydrogens (tertiary/aromatic N) is 3. The van der Waals surface area contributed by atoms with Crippen LogP contribution in [-0.4, -0.2) is 81.4 Å². The molecule has 4 heteroatoms. The molecule has 0 spiro atoms. The van der Waals surface area contributed by atoms with Crippen molar-refractivity contribution in [1.29, 1.82) is 0 Å². The first-order valence-corrected chi connectivity index (χ1v) is 5.36. The van der Waals surface area contributed by atoms with Crippen LogP contribution in [0.15, 0.2) is 0 Å². The Labute approximate surface area is 94.5 Å². The fraction of sp³-hybridized carbons (Fsp3) is 1.00. The highest BCUT2D eigenvalue weighted by molar-refractivity contribution is 7.82. The third-order valence-corrected chi connectivity index (χ3v) is 2.26. The molecule has 0 N–H and O–H groups in total. The van der Waals surface area contributed by atoms with Crippen LogP contribution in [0.4, 0.5) is 0 Å². The highest BCUT2D eigenvalue weighted by Crippen LogP contribution is 2.17. The Morgan fingerprint density at radius 3 is 1.07 bits per heavy atom. The van der Waals surface area contributed by atoms with Gasteiger partial charge in [-0.15, -0.1) is 0 Å². The lowest BCUT2D eigenvalue weighted by atomic mass is 10.1. The minimum Gasteiger partial charge on any atom is -0.308 e.